The van der Waals surface area contributed by atoms with Crippen LogP contribution < -0.4 is 4.74 Å². The summed E-state index contributed by atoms with van der Waals surface area (Å²) in [5, 5.41) is 4.46. The molecule has 6 nitrogen and oxygen atoms in total. The fraction of sp³-hybridized carbons (Fsp3) is 0.438. The largest absolute Gasteiger partial charge is 0.495 e. The fourth-order valence-corrected chi connectivity index (χ4v) is 5.11. The first kappa shape index (κ1) is 17.3. The molecule has 1 atom stereocenters. The van der Waals surface area contributed by atoms with Gasteiger partial charge in [0.15, 0.2) is 0 Å². The molecule has 1 aliphatic rings. The van der Waals surface area contributed by atoms with Gasteiger partial charge in [-0.15, -0.1) is 0 Å². The number of nitrogens with zero attached hydrogens (tertiary/aromatic N) is 3. The van der Waals surface area contributed by atoms with Gasteiger partial charge in [0.1, 0.15) is 5.75 Å². The van der Waals surface area contributed by atoms with Crippen LogP contribution in [-0.2, 0) is 17.1 Å². The molecule has 0 unspecified atom stereocenters. The number of hydrogen-bond donors (Lipinski definition) is 0. The SMILES string of the molecule is COc1ccc(S(=O)(=O)N2CCCC[C@H]2c2cnn(C)c2)cc1Cl. The zero-order chi connectivity index (χ0) is 17.3. The highest BCUT2D eigenvalue weighted by molar-refractivity contribution is 7.89. The Bertz CT molecular complexity index is 835. The first-order chi connectivity index (χ1) is 11.4. The molecule has 1 aliphatic heterocycles. The van der Waals surface area contributed by atoms with Gasteiger partial charge in [-0.25, -0.2) is 8.42 Å². The normalized spacial score (nSPS) is 19.4. The Morgan fingerprint density at radius 3 is 2.75 bits per heavy atom. The topological polar surface area (TPSA) is 64.4 Å². The Balaban J connectivity index is 1.98. The van der Waals surface area contributed by atoms with Crippen LogP contribution in [0, 0.1) is 0 Å². The van der Waals surface area contributed by atoms with E-state index >= 15 is 0 Å². The molecule has 0 amide bonds. The number of halogens is 1. The zero-order valence-electron chi connectivity index (χ0n) is 13.6. The molecule has 1 fully saturated rings. The fourth-order valence-electron chi connectivity index (χ4n) is 3.08. The van der Waals surface area contributed by atoms with E-state index in [2.05, 4.69) is 5.10 Å². The summed E-state index contributed by atoms with van der Waals surface area (Å²) in [5.41, 5.74) is 0.917. The molecule has 24 heavy (non-hydrogen) atoms. The van der Waals surface area contributed by atoms with Crippen molar-refractivity contribution in [2.24, 2.45) is 7.05 Å². The van der Waals surface area contributed by atoms with Gasteiger partial charge in [-0.2, -0.15) is 9.40 Å². The van der Waals surface area contributed by atoms with Crippen LogP contribution in [0.25, 0.3) is 0 Å². The highest BCUT2D eigenvalue weighted by Gasteiger charge is 2.35. The maximum absolute atomic E-state index is 13.1. The van der Waals surface area contributed by atoms with Crippen molar-refractivity contribution in [2.45, 2.75) is 30.2 Å². The summed E-state index contributed by atoms with van der Waals surface area (Å²) in [4.78, 5) is 0.184. The van der Waals surface area contributed by atoms with Crippen molar-refractivity contribution >= 4 is 21.6 Å². The average molecular weight is 370 g/mol. The second kappa shape index (κ2) is 6.74. The van der Waals surface area contributed by atoms with Gasteiger partial charge in [0.2, 0.25) is 10.0 Å². The third kappa shape index (κ3) is 3.16. The van der Waals surface area contributed by atoms with E-state index in [0.717, 1.165) is 24.8 Å². The lowest BCUT2D eigenvalue weighted by molar-refractivity contribution is 0.256. The molecule has 1 aromatic heterocycles. The van der Waals surface area contributed by atoms with E-state index in [9.17, 15) is 8.42 Å². The lowest BCUT2D eigenvalue weighted by Crippen LogP contribution is -2.38. The molecule has 0 N–H and O–H groups in total. The predicted octanol–water partition coefficient (Wildman–Crippen LogP) is 3.00. The average Bonchev–Trinajstić information content (AvgIpc) is 3.01. The second-order valence-electron chi connectivity index (χ2n) is 5.87. The second-order valence-corrected chi connectivity index (χ2v) is 8.17. The van der Waals surface area contributed by atoms with Crippen LogP contribution in [0.1, 0.15) is 30.9 Å². The van der Waals surface area contributed by atoms with Gasteiger partial charge in [-0.05, 0) is 31.0 Å². The van der Waals surface area contributed by atoms with Gasteiger partial charge in [0.25, 0.3) is 0 Å². The van der Waals surface area contributed by atoms with Crippen molar-refractivity contribution in [3.63, 3.8) is 0 Å². The minimum absolute atomic E-state index is 0.184. The van der Waals surface area contributed by atoms with Gasteiger partial charge in [0.05, 0.1) is 29.3 Å². The monoisotopic (exact) mass is 369 g/mol. The van der Waals surface area contributed by atoms with Crippen LogP contribution in [0.15, 0.2) is 35.5 Å². The van der Waals surface area contributed by atoms with Crippen molar-refractivity contribution in [3.05, 3.63) is 41.2 Å². The quantitative estimate of drug-likeness (QED) is 0.831. The van der Waals surface area contributed by atoms with Crippen molar-refractivity contribution in [1.82, 2.24) is 14.1 Å². The lowest BCUT2D eigenvalue weighted by atomic mass is 10.0. The molecule has 2 heterocycles. The van der Waals surface area contributed by atoms with Crippen molar-refractivity contribution in [1.29, 1.82) is 0 Å². The molecule has 1 saturated heterocycles. The molecule has 0 spiro atoms. The smallest absolute Gasteiger partial charge is 0.243 e. The Kier molecular flexibility index (Phi) is 4.85. The van der Waals surface area contributed by atoms with Gasteiger partial charge < -0.3 is 4.74 Å². The molecule has 2 aromatic rings. The maximum atomic E-state index is 13.1. The number of hydrogen-bond acceptors (Lipinski definition) is 4. The third-order valence-corrected chi connectivity index (χ3v) is 6.49. The van der Waals surface area contributed by atoms with E-state index < -0.39 is 10.0 Å². The van der Waals surface area contributed by atoms with Gasteiger partial charge in [-0.3, -0.25) is 4.68 Å². The summed E-state index contributed by atoms with van der Waals surface area (Å²) in [5.74, 6) is 0.457. The number of methoxy groups -OCH3 is 1. The summed E-state index contributed by atoms with van der Waals surface area (Å²) >= 11 is 6.11. The summed E-state index contributed by atoms with van der Waals surface area (Å²) in [6.45, 7) is 0.492. The highest BCUT2D eigenvalue weighted by atomic mass is 35.5. The number of aromatic nitrogens is 2. The van der Waals surface area contributed by atoms with Gasteiger partial charge >= 0.3 is 0 Å². The van der Waals surface area contributed by atoms with Crippen LogP contribution in [0.4, 0.5) is 0 Å². The molecule has 1 aromatic carbocycles. The molecule has 0 aliphatic carbocycles. The highest BCUT2D eigenvalue weighted by Crippen LogP contribution is 2.36. The molecular formula is C16H20ClN3O3S. The standard InChI is InChI=1S/C16H20ClN3O3S/c1-19-11-12(10-18-19)15-5-3-4-8-20(15)24(21,22)13-6-7-16(23-2)14(17)9-13/h6-7,9-11,15H,3-5,8H2,1-2H3/t15-/m0/s1. The van der Waals surface area contributed by atoms with Crippen molar-refractivity contribution in [3.8, 4) is 5.75 Å². The van der Waals surface area contributed by atoms with E-state index in [-0.39, 0.29) is 16.0 Å². The van der Waals surface area contributed by atoms with E-state index in [1.54, 1.807) is 21.3 Å². The molecule has 3 rings (SSSR count). The number of benzene rings is 1. The predicted molar refractivity (Wildman–Crippen MR) is 91.7 cm³/mol. The van der Waals surface area contributed by atoms with Crippen molar-refractivity contribution in [2.75, 3.05) is 13.7 Å². The first-order valence-corrected chi connectivity index (χ1v) is 9.59. The maximum Gasteiger partial charge on any atom is 0.243 e. The molecule has 130 valence electrons. The summed E-state index contributed by atoms with van der Waals surface area (Å²) < 4.78 is 34.6. The zero-order valence-corrected chi connectivity index (χ0v) is 15.2. The Hall–Kier alpha value is -1.57. The number of aryl methyl sites for hydroxylation is 1. The number of rotatable bonds is 4. The van der Waals surface area contributed by atoms with Crippen LogP contribution >= 0.6 is 11.6 Å². The minimum Gasteiger partial charge on any atom is -0.495 e. The first-order valence-electron chi connectivity index (χ1n) is 7.77. The van der Waals surface area contributed by atoms with E-state index in [1.165, 1.54) is 19.2 Å². The van der Waals surface area contributed by atoms with Crippen molar-refractivity contribution < 1.29 is 13.2 Å². The molecule has 0 radical (unpaired) electrons. The third-order valence-electron chi connectivity index (χ3n) is 4.29. The van der Waals surface area contributed by atoms with Gasteiger partial charge in [0, 0.05) is 25.4 Å². The van der Waals surface area contributed by atoms with Crippen LogP contribution in [0.2, 0.25) is 5.02 Å². The molecule has 8 heteroatoms. The van der Waals surface area contributed by atoms with Gasteiger partial charge in [-0.1, -0.05) is 18.0 Å². The van der Waals surface area contributed by atoms with Crippen LogP contribution in [0.3, 0.4) is 0 Å². The number of ether oxygens (including phenoxy) is 1. The number of piperidine rings is 1. The summed E-state index contributed by atoms with van der Waals surface area (Å²) in [6.07, 6.45) is 6.24. The molecular weight excluding hydrogens is 350 g/mol. The summed E-state index contributed by atoms with van der Waals surface area (Å²) in [7, 11) is -0.315. The molecule has 0 bridgehead atoms. The van der Waals surface area contributed by atoms with Crippen LogP contribution in [0.5, 0.6) is 5.75 Å². The van der Waals surface area contributed by atoms with E-state index in [0.29, 0.717) is 12.3 Å². The minimum atomic E-state index is -3.64. The Morgan fingerprint density at radius 1 is 1.33 bits per heavy atom. The Labute approximate surface area is 147 Å². The molecule has 0 saturated carbocycles. The Morgan fingerprint density at radius 2 is 2.12 bits per heavy atom. The summed E-state index contributed by atoms with van der Waals surface area (Å²) in [6, 6.07) is 4.37. The van der Waals surface area contributed by atoms with Crippen LogP contribution in [-0.4, -0.2) is 36.2 Å². The number of sulfonamides is 1. The van der Waals surface area contributed by atoms with E-state index in [4.69, 9.17) is 16.3 Å². The van der Waals surface area contributed by atoms with E-state index in [1.807, 2.05) is 13.2 Å². The lowest BCUT2D eigenvalue weighted by Gasteiger charge is -2.34.